The van der Waals surface area contributed by atoms with Crippen molar-refractivity contribution in [2.45, 2.75) is 32.9 Å². The van der Waals surface area contributed by atoms with Crippen LogP contribution in [0.5, 0.6) is 0 Å². The number of nitrogens with zero attached hydrogens (tertiary/aromatic N) is 2. The van der Waals surface area contributed by atoms with E-state index in [1.807, 2.05) is 13.8 Å². The van der Waals surface area contributed by atoms with Crippen LogP contribution in [0.3, 0.4) is 0 Å². The van der Waals surface area contributed by atoms with E-state index in [0.29, 0.717) is 11.1 Å². The molecular formula is C20H26FN3O3S. The molecule has 0 radical (unpaired) electrons. The quantitative estimate of drug-likeness (QED) is 0.731. The van der Waals surface area contributed by atoms with Crippen LogP contribution >= 0.6 is 0 Å². The van der Waals surface area contributed by atoms with Crippen molar-refractivity contribution >= 4 is 21.8 Å². The van der Waals surface area contributed by atoms with Gasteiger partial charge in [0.25, 0.3) is 5.91 Å². The summed E-state index contributed by atoms with van der Waals surface area (Å²) in [5.74, 6) is -0.815. The van der Waals surface area contributed by atoms with Gasteiger partial charge in [-0.15, -0.1) is 0 Å². The summed E-state index contributed by atoms with van der Waals surface area (Å²) >= 11 is 0. The van der Waals surface area contributed by atoms with Gasteiger partial charge < -0.3 is 5.32 Å². The zero-order valence-corrected chi connectivity index (χ0v) is 17.3. The summed E-state index contributed by atoms with van der Waals surface area (Å²) in [5, 5.41) is 2.88. The molecule has 0 bridgehead atoms. The first-order chi connectivity index (χ1) is 13.2. The summed E-state index contributed by atoms with van der Waals surface area (Å²) in [5.41, 5.74) is 1.08. The number of halogens is 1. The van der Waals surface area contributed by atoms with Crippen LogP contribution in [0.4, 0.5) is 10.1 Å². The Labute approximate surface area is 166 Å². The molecule has 0 aromatic heterocycles. The van der Waals surface area contributed by atoms with Crippen LogP contribution in [0.15, 0.2) is 48.5 Å². The minimum atomic E-state index is -3.91. The summed E-state index contributed by atoms with van der Waals surface area (Å²) in [7, 11) is -1.12. The van der Waals surface area contributed by atoms with E-state index in [9.17, 15) is 17.6 Å². The number of carbonyl (C=O) groups is 1. The van der Waals surface area contributed by atoms with E-state index >= 15 is 0 Å². The molecular weight excluding hydrogens is 381 g/mol. The largest absolute Gasteiger partial charge is 0.350 e. The number of amides is 1. The first-order valence-corrected chi connectivity index (χ1v) is 10.4. The van der Waals surface area contributed by atoms with Crippen molar-refractivity contribution in [3.63, 3.8) is 0 Å². The fourth-order valence-corrected chi connectivity index (χ4v) is 3.58. The van der Waals surface area contributed by atoms with Crippen LogP contribution in [0.25, 0.3) is 0 Å². The smallest absolute Gasteiger partial charge is 0.303 e. The molecule has 8 heteroatoms. The molecule has 6 nitrogen and oxygen atoms in total. The van der Waals surface area contributed by atoms with Gasteiger partial charge in [-0.2, -0.15) is 12.7 Å². The molecule has 1 N–H and O–H groups in total. The Hall–Kier alpha value is -2.45. The number of hydrogen-bond acceptors (Lipinski definition) is 3. The fraction of sp³-hybridized carbons (Fsp3) is 0.350. The molecule has 28 heavy (non-hydrogen) atoms. The predicted molar refractivity (Wildman–Crippen MR) is 109 cm³/mol. The minimum absolute atomic E-state index is 0.0326. The molecule has 1 atom stereocenters. The van der Waals surface area contributed by atoms with E-state index in [-0.39, 0.29) is 24.2 Å². The fourth-order valence-electron chi connectivity index (χ4n) is 2.48. The van der Waals surface area contributed by atoms with E-state index in [2.05, 4.69) is 5.32 Å². The van der Waals surface area contributed by atoms with Gasteiger partial charge in [-0.3, -0.25) is 9.10 Å². The molecule has 1 amide bonds. The van der Waals surface area contributed by atoms with Crippen molar-refractivity contribution in [1.82, 2.24) is 9.62 Å². The first-order valence-electron chi connectivity index (χ1n) is 9.01. The maximum absolute atomic E-state index is 14.3. The third-order valence-electron chi connectivity index (χ3n) is 4.39. The van der Waals surface area contributed by atoms with Gasteiger partial charge in [0.15, 0.2) is 0 Å². The number of benzene rings is 2. The molecule has 0 saturated heterocycles. The van der Waals surface area contributed by atoms with Gasteiger partial charge in [0.1, 0.15) is 5.82 Å². The normalized spacial score (nSPS) is 12.6. The topological polar surface area (TPSA) is 69.7 Å². The average molecular weight is 408 g/mol. The molecule has 0 fully saturated rings. The molecule has 0 spiro atoms. The van der Waals surface area contributed by atoms with Crippen LogP contribution < -0.4 is 9.62 Å². The summed E-state index contributed by atoms with van der Waals surface area (Å²) in [6.45, 7) is 3.84. The molecule has 0 aliphatic rings. The van der Waals surface area contributed by atoms with Gasteiger partial charge in [-0.1, -0.05) is 31.2 Å². The summed E-state index contributed by atoms with van der Waals surface area (Å²) in [4.78, 5) is 12.2. The Bertz CT molecular complexity index is 915. The lowest BCUT2D eigenvalue weighted by molar-refractivity contribution is 0.0939. The second-order valence-electron chi connectivity index (χ2n) is 6.73. The lowest BCUT2D eigenvalue weighted by Crippen LogP contribution is -2.40. The third kappa shape index (κ3) is 5.08. The van der Waals surface area contributed by atoms with Gasteiger partial charge in [0, 0.05) is 25.7 Å². The van der Waals surface area contributed by atoms with E-state index in [1.165, 1.54) is 32.3 Å². The van der Waals surface area contributed by atoms with Crippen molar-refractivity contribution in [3.05, 3.63) is 65.5 Å². The molecule has 2 aromatic carbocycles. The van der Waals surface area contributed by atoms with E-state index in [4.69, 9.17) is 0 Å². The van der Waals surface area contributed by atoms with Crippen LogP contribution in [0, 0.1) is 5.82 Å². The number of rotatable bonds is 8. The zero-order valence-electron chi connectivity index (χ0n) is 16.5. The highest BCUT2D eigenvalue weighted by atomic mass is 32.2. The highest BCUT2D eigenvalue weighted by molar-refractivity contribution is 7.90. The van der Waals surface area contributed by atoms with E-state index in [0.717, 1.165) is 15.0 Å². The molecule has 0 heterocycles. The maximum Gasteiger partial charge on any atom is 0.303 e. The van der Waals surface area contributed by atoms with Gasteiger partial charge in [0.05, 0.1) is 12.2 Å². The predicted octanol–water partition coefficient (Wildman–Crippen LogP) is 3.17. The van der Waals surface area contributed by atoms with Gasteiger partial charge in [-0.05, 0) is 43.2 Å². The Morgan fingerprint density at radius 1 is 1.11 bits per heavy atom. The molecule has 152 valence electrons. The molecule has 2 aromatic rings. The molecule has 0 aliphatic carbocycles. The number of para-hydroxylation sites is 1. The van der Waals surface area contributed by atoms with Crippen molar-refractivity contribution in [2.75, 3.05) is 18.4 Å². The number of carbonyl (C=O) groups excluding carboxylic acids is 1. The standard InChI is InChI=1S/C20H26FN3O3S/c1-5-15(2)22-20(25)17-12-10-16(11-13-17)14-24(28(26,27)23(3)4)19-9-7-6-8-18(19)21/h6-13,15H,5,14H2,1-4H3,(H,22,25). The second kappa shape index (κ2) is 9.16. The van der Waals surface area contributed by atoms with Crippen molar-refractivity contribution in [2.24, 2.45) is 0 Å². The highest BCUT2D eigenvalue weighted by Gasteiger charge is 2.27. The van der Waals surface area contributed by atoms with E-state index < -0.39 is 16.0 Å². The molecule has 2 rings (SSSR count). The molecule has 1 unspecified atom stereocenters. The van der Waals surface area contributed by atoms with Crippen molar-refractivity contribution in [1.29, 1.82) is 0 Å². The Morgan fingerprint density at radius 3 is 2.25 bits per heavy atom. The van der Waals surface area contributed by atoms with Crippen LogP contribution in [0.2, 0.25) is 0 Å². The Morgan fingerprint density at radius 2 is 1.71 bits per heavy atom. The molecule has 0 aliphatic heterocycles. The lowest BCUT2D eigenvalue weighted by Gasteiger charge is -2.27. The second-order valence-corrected chi connectivity index (χ2v) is 8.79. The van der Waals surface area contributed by atoms with Gasteiger partial charge >= 0.3 is 10.2 Å². The Balaban J connectivity index is 2.30. The van der Waals surface area contributed by atoms with Crippen molar-refractivity contribution < 1.29 is 17.6 Å². The van der Waals surface area contributed by atoms with Gasteiger partial charge in [0.2, 0.25) is 0 Å². The molecule has 0 saturated carbocycles. The maximum atomic E-state index is 14.3. The first kappa shape index (κ1) is 21.8. The SMILES string of the molecule is CCC(C)NC(=O)c1ccc(CN(c2ccccc2F)S(=O)(=O)N(C)C)cc1. The number of hydrogen-bond donors (Lipinski definition) is 1. The van der Waals surface area contributed by atoms with Crippen LogP contribution in [0.1, 0.15) is 36.2 Å². The van der Waals surface area contributed by atoms with Crippen LogP contribution in [-0.4, -0.2) is 38.8 Å². The summed E-state index contributed by atoms with van der Waals surface area (Å²) < 4.78 is 41.8. The van der Waals surface area contributed by atoms with Crippen molar-refractivity contribution in [3.8, 4) is 0 Å². The number of nitrogens with one attached hydrogen (secondary N) is 1. The monoisotopic (exact) mass is 407 g/mol. The number of anilines is 1. The van der Waals surface area contributed by atoms with E-state index in [1.54, 1.807) is 30.3 Å². The minimum Gasteiger partial charge on any atom is -0.350 e. The summed E-state index contributed by atoms with van der Waals surface area (Å²) in [6, 6.07) is 12.4. The Kier molecular flexibility index (Phi) is 7.15. The zero-order chi connectivity index (χ0) is 20.9. The highest BCUT2D eigenvalue weighted by Crippen LogP contribution is 2.25. The van der Waals surface area contributed by atoms with Crippen LogP contribution in [-0.2, 0) is 16.8 Å². The average Bonchev–Trinajstić information content (AvgIpc) is 2.66. The van der Waals surface area contributed by atoms with Gasteiger partial charge in [-0.25, -0.2) is 4.39 Å². The third-order valence-corrected chi connectivity index (χ3v) is 6.20. The summed E-state index contributed by atoms with van der Waals surface area (Å²) in [6.07, 6.45) is 0.823. The lowest BCUT2D eigenvalue weighted by atomic mass is 10.1.